The van der Waals surface area contributed by atoms with Gasteiger partial charge in [-0.25, -0.2) is 0 Å². The minimum atomic E-state index is -1.01. The maximum Gasteiger partial charge on any atom is 0.219 e. The Morgan fingerprint density at radius 1 is 1.12 bits per heavy atom. The molecule has 2 rings (SSSR count). The molecule has 0 heterocycles. The molecule has 1 unspecified atom stereocenters. The lowest BCUT2D eigenvalue weighted by Crippen LogP contribution is -2.30. The molecule has 2 N–H and O–H groups in total. The largest absolute Gasteiger partial charge is 0.457 e. The van der Waals surface area contributed by atoms with Gasteiger partial charge in [0.25, 0.3) is 0 Å². The molecule has 0 spiro atoms. The van der Waals surface area contributed by atoms with Gasteiger partial charge in [0.2, 0.25) is 5.91 Å². The minimum absolute atomic E-state index is 0.0162. The zero-order chi connectivity index (χ0) is 17.6. The van der Waals surface area contributed by atoms with E-state index in [1.54, 1.807) is 38.1 Å². The second-order valence-corrected chi connectivity index (χ2v) is 6.24. The summed E-state index contributed by atoms with van der Waals surface area (Å²) in [5.41, 5.74) is -0.239. The van der Waals surface area contributed by atoms with Crippen LogP contribution < -0.4 is 10.1 Å². The summed E-state index contributed by atoms with van der Waals surface area (Å²) in [7, 11) is 0. The van der Waals surface area contributed by atoms with Crippen molar-refractivity contribution in [1.82, 2.24) is 5.32 Å². The minimum Gasteiger partial charge on any atom is -0.457 e. The van der Waals surface area contributed by atoms with Crippen molar-refractivity contribution in [3.8, 4) is 11.5 Å². The highest BCUT2D eigenvalue weighted by molar-refractivity contribution is 6.30. The van der Waals surface area contributed by atoms with Gasteiger partial charge in [-0.2, -0.15) is 0 Å². The van der Waals surface area contributed by atoms with E-state index >= 15 is 0 Å². The SMILES string of the molecule is CCC(=O)NCCC(C)(O)c1ccc(Oc2ccc(Cl)cc2)cc1. The first-order valence-corrected chi connectivity index (χ1v) is 8.31. The van der Waals surface area contributed by atoms with Gasteiger partial charge in [0.15, 0.2) is 0 Å². The second-order valence-electron chi connectivity index (χ2n) is 5.81. The van der Waals surface area contributed by atoms with Crippen LogP contribution in [0.4, 0.5) is 0 Å². The van der Waals surface area contributed by atoms with Crippen molar-refractivity contribution in [1.29, 1.82) is 0 Å². The molecule has 0 bridgehead atoms. The summed E-state index contributed by atoms with van der Waals surface area (Å²) in [6, 6.07) is 14.4. The maximum absolute atomic E-state index is 11.3. The summed E-state index contributed by atoms with van der Waals surface area (Å²) in [5, 5.41) is 14.0. The zero-order valence-electron chi connectivity index (χ0n) is 13.9. The molecule has 24 heavy (non-hydrogen) atoms. The van der Waals surface area contributed by atoms with Crippen molar-refractivity contribution < 1.29 is 14.6 Å². The molecule has 5 heteroatoms. The van der Waals surface area contributed by atoms with Gasteiger partial charge in [0, 0.05) is 18.0 Å². The molecule has 0 fully saturated rings. The second kappa shape index (κ2) is 8.18. The van der Waals surface area contributed by atoms with Crippen LogP contribution in [0.25, 0.3) is 0 Å². The quantitative estimate of drug-likeness (QED) is 0.787. The summed E-state index contributed by atoms with van der Waals surface area (Å²) in [5.74, 6) is 1.36. The average Bonchev–Trinajstić information content (AvgIpc) is 2.57. The molecule has 1 amide bonds. The third kappa shape index (κ3) is 5.25. The Balaban J connectivity index is 1.97. The predicted molar refractivity (Wildman–Crippen MR) is 95.5 cm³/mol. The number of carbonyl (C=O) groups excluding carboxylic acids is 1. The smallest absolute Gasteiger partial charge is 0.219 e. The van der Waals surface area contributed by atoms with E-state index in [4.69, 9.17) is 16.3 Å². The Morgan fingerprint density at radius 2 is 1.67 bits per heavy atom. The van der Waals surface area contributed by atoms with Crippen molar-refractivity contribution in [3.63, 3.8) is 0 Å². The molecule has 0 radical (unpaired) electrons. The highest BCUT2D eigenvalue weighted by Gasteiger charge is 2.22. The topological polar surface area (TPSA) is 58.6 Å². The van der Waals surface area contributed by atoms with Gasteiger partial charge in [-0.15, -0.1) is 0 Å². The lowest BCUT2D eigenvalue weighted by Gasteiger charge is -2.24. The predicted octanol–water partition coefficient (Wildman–Crippen LogP) is 4.26. The lowest BCUT2D eigenvalue weighted by atomic mass is 9.92. The van der Waals surface area contributed by atoms with Crippen molar-refractivity contribution in [3.05, 3.63) is 59.1 Å². The van der Waals surface area contributed by atoms with Gasteiger partial charge in [-0.1, -0.05) is 30.7 Å². The Hall–Kier alpha value is -2.04. The number of hydrogen-bond acceptors (Lipinski definition) is 3. The molecule has 2 aromatic rings. The summed E-state index contributed by atoms with van der Waals surface area (Å²) in [6.07, 6.45) is 0.884. The molecule has 0 saturated carbocycles. The van der Waals surface area contributed by atoms with Gasteiger partial charge in [0.1, 0.15) is 11.5 Å². The maximum atomic E-state index is 11.3. The van der Waals surface area contributed by atoms with E-state index in [-0.39, 0.29) is 5.91 Å². The van der Waals surface area contributed by atoms with Crippen LogP contribution in [0.15, 0.2) is 48.5 Å². The monoisotopic (exact) mass is 347 g/mol. The number of benzene rings is 2. The Morgan fingerprint density at radius 3 is 2.21 bits per heavy atom. The standard InChI is InChI=1S/C19H22ClNO3/c1-3-18(22)21-13-12-19(2,23)14-4-8-16(9-5-14)24-17-10-6-15(20)7-11-17/h4-11,23H,3,12-13H2,1-2H3,(H,21,22). The fourth-order valence-corrected chi connectivity index (χ4v) is 2.36. The van der Waals surface area contributed by atoms with E-state index in [2.05, 4.69) is 5.32 Å². The average molecular weight is 348 g/mol. The van der Waals surface area contributed by atoms with Crippen LogP contribution in [0.1, 0.15) is 32.3 Å². The number of rotatable bonds is 7. The van der Waals surface area contributed by atoms with Crippen molar-refractivity contribution in [2.75, 3.05) is 6.54 Å². The third-order valence-corrected chi connectivity index (χ3v) is 4.03. The molecular formula is C19H22ClNO3. The number of nitrogens with one attached hydrogen (secondary N) is 1. The number of amides is 1. The third-order valence-electron chi connectivity index (χ3n) is 3.78. The van der Waals surface area contributed by atoms with Crippen molar-refractivity contribution in [2.24, 2.45) is 0 Å². The molecule has 0 aliphatic rings. The first-order chi connectivity index (χ1) is 11.4. The van der Waals surface area contributed by atoms with Gasteiger partial charge in [-0.05, 0) is 55.3 Å². The highest BCUT2D eigenvalue weighted by Crippen LogP contribution is 2.28. The van der Waals surface area contributed by atoms with Gasteiger partial charge >= 0.3 is 0 Å². The molecule has 0 saturated heterocycles. The van der Waals surface area contributed by atoms with Crippen LogP contribution >= 0.6 is 11.6 Å². The molecule has 0 aliphatic carbocycles. The molecule has 128 valence electrons. The fraction of sp³-hybridized carbons (Fsp3) is 0.316. The zero-order valence-corrected chi connectivity index (χ0v) is 14.6. The summed E-state index contributed by atoms with van der Waals surface area (Å²) < 4.78 is 5.73. The highest BCUT2D eigenvalue weighted by atomic mass is 35.5. The van der Waals surface area contributed by atoms with Crippen LogP contribution in [-0.4, -0.2) is 17.6 Å². The molecule has 0 aliphatic heterocycles. The lowest BCUT2D eigenvalue weighted by molar-refractivity contribution is -0.120. The van der Waals surface area contributed by atoms with E-state index in [0.717, 1.165) is 5.56 Å². The Bertz CT molecular complexity index is 666. The van der Waals surface area contributed by atoms with E-state index in [1.807, 2.05) is 24.3 Å². The van der Waals surface area contributed by atoms with Crippen LogP contribution in [0.5, 0.6) is 11.5 Å². The molecule has 1 atom stereocenters. The van der Waals surface area contributed by atoms with E-state index in [0.29, 0.717) is 35.9 Å². The van der Waals surface area contributed by atoms with E-state index < -0.39 is 5.60 Å². The summed E-state index contributed by atoms with van der Waals surface area (Å²) in [4.78, 5) is 11.3. The van der Waals surface area contributed by atoms with Crippen LogP contribution in [-0.2, 0) is 10.4 Å². The van der Waals surface area contributed by atoms with E-state index in [9.17, 15) is 9.90 Å². The first kappa shape index (κ1) is 18.3. The molecular weight excluding hydrogens is 326 g/mol. The van der Waals surface area contributed by atoms with Gasteiger partial charge in [-0.3, -0.25) is 4.79 Å². The Labute approximate surface area is 147 Å². The Kier molecular flexibility index (Phi) is 6.23. The van der Waals surface area contributed by atoms with Crippen LogP contribution in [0.3, 0.4) is 0 Å². The van der Waals surface area contributed by atoms with Crippen LogP contribution in [0.2, 0.25) is 5.02 Å². The number of halogens is 1. The van der Waals surface area contributed by atoms with E-state index in [1.165, 1.54) is 0 Å². The summed E-state index contributed by atoms with van der Waals surface area (Å²) >= 11 is 5.85. The molecule has 0 aromatic heterocycles. The number of aliphatic hydroxyl groups is 1. The van der Waals surface area contributed by atoms with Crippen LogP contribution in [0, 0.1) is 0 Å². The van der Waals surface area contributed by atoms with Crippen molar-refractivity contribution in [2.45, 2.75) is 32.3 Å². The van der Waals surface area contributed by atoms with Gasteiger partial charge in [0.05, 0.1) is 5.60 Å². The molecule has 4 nitrogen and oxygen atoms in total. The number of hydrogen-bond donors (Lipinski definition) is 2. The number of carbonyl (C=O) groups is 1. The number of ether oxygens (including phenoxy) is 1. The van der Waals surface area contributed by atoms with Crippen molar-refractivity contribution >= 4 is 17.5 Å². The fourth-order valence-electron chi connectivity index (χ4n) is 2.24. The molecule has 2 aromatic carbocycles. The summed E-state index contributed by atoms with van der Waals surface area (Å²) in [6.45, 7) is 3.97. The normalized spacial score (nSPS) is 13.2. The first-order valence-electron chi connectivity index (χ1n) is 7.94. The van der Waals surface area contributed by atoms with Gasteiger partial charge < -0.3 is 15.2 Å².